The van der Waals surface area contributed by atoms with Crippen LogP contribution in [-0.2, 0) is 4.74 Å². The van der Waals surface area contributed by atoms with Crippen molar-refractivity contribution < 1.29 is 4.74 Å². The molecule has 2 aliphatic heterocycles. The zero-order chi connectivity index (χ0) is 68.8. The first kappa shape index (κ1) is 71.5. The van der Waals surface area contributed by atoms with Crippen molar-refractivity contribution in [3.05, 3.63) is 0 Å². The van der Waals surface area contributed by atoms with Crippen LogP contribution in [0.1, 0.15) is 392 Å². The molecule has 0 N–H and O–H groups in total. The molecule has 21 unspecified atom stereocenters. The number of hydrogen-bond donors (Lipinski definition) is 0. The fourth-order valence-corrected chi connectivity index (χ4v) is 40.5. The van der Waals surface area contributed by atoms with Crippen LogP contribution in [0.4, 0.5) is 0 Å². The second kappa shape index (κ2) is 30.9. The first-order valence-corrected chi connectivity index (χ1v) is 51.3. The Kier molecular flexibility index (Phi) is 21.0. The van der Waals surface area contributed by atoms with Gasteiger partial charge in [-0.25, -0.2) is 0 Å². The van der Waals surface area contributed by atoms with Gasteiger partial charge in [0.2, 0.25) is 0 Å². The average Bonchev–Trinajstić information content (AvgIpc) is 0.708. The standard InChI is InChI=1S/C101H163BN2O/c1-5-20-64(21-6-1)66-42-48-74(49-43-66)103(75-50-44-67(45-51-75)65-22-7-2-8-23-65)62-63-58-93-100-95(59-63)105-94-57-47-73(77-53-55-89-85-37-16-31-71-29-14-35-83(97(71)85)87-41-19-39-81(77)99(87)89)61-91(94)102(100)90-60-72(76-52-54-88-84-36-15-30-70-28-13-34-82(96(70)84)86-40-18-38-80(76)98(86)88)46-56-92(90)104(93)101-78(68-24-9-3-10-25-68)32-17-33-79(101)69-26-11-4-12-27-69/h63-101H,1-62H2/t63?,66?,67?,70?,71?,72-,73?,74?,75?,76+,77?,78-,79+,80?,81+,82-,83?,84+,85?,86?,87?,88?,89?,90?,91+,92+,93?,94?,95?,96?,97?,98?,99?,100-,101?/m0/s1. The zero-order valence-corrected chi connectivity index (χ0v) is 68.2. The van der Waals surface area contributed by atoms with Crippen molar-refractivity contribution in [2.45, 2.75) is 452 Å². The number of hydrogen-bond acceptors (Lipinski definition) is 3. The molecule has 0 radical (unpaired) electrons. The Morgan fingerprint density at radius 1 is 0.238 bits per heavy atom. The van der Waals surface area contributed by atoms with Crippen LogP contribution in [0, 0.1) is 172 Å². The summed E-state index contributed by atoms with van der Waals surface area (Å²) in [5, 5.41) is 0. The predicted octanol–water partition coefficient (Wildman–Crippen LogP) is 26.8. The largest absolute Gasteiger partial charge is 0.376 e. The lowest BCUT2D eigenvalue weighted by Crippen LogP contribution is -2.73. The van der Waals surface area contributed by atoms with Gasteiger partial charge in [-0.3, -0.25) is 9.80 Å². The summed E-state index contributed by atoms with van der Waals surface area (Å²) >= 11 is 0. The van der Waals surface area contributed by atoms with Crippen molar-refractivity contribution in [3.63, 3.8) is 0 Å². The average molecular weight is 1430 g/mol. The van der Waals surface area contributed by atoms with Crippen LogP contribution in [-0.4, -0.2) is 65.5 Å². The van der Waals surface area contributed by atoms with Gasteiger partial charge in [0, 0.05) is 36.8 Å². The van der Waals surface area contributed by atoms with Crippen molar-refractivity contribution in [1.82, 2.24) is 9.80 Å². The molecular weight excluding hydrogens is 1270 g/mol. The van der Waals surface area contributed by atoms with Crippen LogP contribution in [0.15, 0.2) is 0 Å². The fraction of sp³-hybridized carbons (Fsp3) is 1.00. The highest BCUT2D eigenvalue weighted by molar-refractivity contribution is 6.65. The molecule has 0 spiro atoms. The molecule has 0 amide bonds. The Bertz CT molecular complexity index is 2750. The lowest BCUT2D eigenvalue weighted by Gasteiger charge is -2.69. The second-order valence-electron chi connectivity index (χ2n) is 46.5. The topological polar surface area (TPSA) is 15.7 Å². The molecule has 2 heterocycles. The van der Waals surface area contributed by atoms with Gasteiger partial charge in [0.25, 0.3) is 0 Å². The highest BCUT2D eigenvalue weighted by Crippen LogP contribution is 2.72. The molecule has 586 valence electrons. The highest BCUT2D eigenvalue weighted by atomic mass is 16.5. The van der Waals surface area contributed by atoms with Gasteiger partial charge < -0.3 is 4.74 Å². The van der Waals surface area contributed by atoms with Gasteiger partial charge in [-0.15, -0.1) is 0 Å². The molecular formula is C101H163BN2O. The van der Waals surface area contributed by atoms with E-state index in [9.17, 15) is 0 Å². The van der Waals surface area contributed by atoms with Gasteiger partial charge in [-0.1, -0.05) is 212 Å². The van der Waals surface area contributed by atoms with E-state index in [0.29, 0.717) is 12.2 Å². The molecule has 2 saturated heterocycles. The van der Waals surface area contributed by atoms with Gasteiger partial charge in [0.1, 0.15) is 0 Å². The van der Waals surface area contributed by atoms with Crippen molar-refractivity contribution in [2.24, 2.45) is 172 Å². The molecule has 0 aromatic carbocycles. The van der Waals surface area contributed by atoms with E-state index < -0.39 is 0 Å². The first-order chi connectivity index (χ1) is 52.1. The van der Waals surface area contributed by atoms with E-state index in [-0.39, 0.29) is 0 Å². The van der Waals surface area contributed by atoms with Gasteiger partial charge in [-0.2, -0.15) is 0 Å². The summed E-state index contributed by atoms with van der Waals surface area (Å²) in [6.45, 7) is 2.40. The van der Waals surface area contributed by atoms with Crippen LogP contribution >= 0.6 is 0 Å². The lowest BCUT2D eigenvalue weighted by atomic mass is 9.18. The molecule has 20 aliphatic carbocycles. The summed E-state index contributed by atoms with van der Waals surface area (Å²) in [5.74, 6) is 33.5. The number of nitrogens with zero attached hydrogens (tertiary/aromatic N) is 2. The normalized spacial score (nSPS) is 53.5. The molecule has 0 aromatic rings. The summed E-state index contributed by atoms with van der Waals surface area (Å²) in [4.78, 5) is 7.37. The summed E-state index contributed by atoms with van der Waals surface area (Å²) < 4.78 is 8.69. The second-order valence-corrected chi connectivity index (χ2v) is 46.5. The van der Waals surface area contributed by atoms with Crippen molar-refractivity contribution in [3.8, 4) is 0 Å². The summed E-state index contributed by atoms with van der Waals surface area (Å²) in [7, 11) is 0. The van der Waals surface area contributed by atoms with Crippen molar-refractivity contribution in [1.29, 1.82) is 0 Å². The molecule has 22 aliphatic rings. The fourth-order valence-electron chi connectivity index (χ4n) is 40.5. The molecule has 22 fully saturated rings. The highest BCUT2D eigenvalue weighted by Gasteiger charge is 2.69. The Hall–Kier alpha value is -0.0551. The van der Waals surface area contributed by atoms with Gasteiger partial charge in [0.15, 0.2) is 6.71 Å². The van der Waals surface area contributed by atoms with E-state index in [4.69, 9.17) is 4.74 Å². The van der Waals surface area contributed by atoms with E-state index >= 15 is 0 Å². The van der Waals surface area contributed by atoms with E-state index in [0.717, 1.165) is 226 Å². The van der Waals surface area contributed by atoms with Crippen molar-refractivity contribution >= 4 is 6.71 Å². The van der Waals surface area contributed by atoms with E-state index in [1.165, 1.54) is 70.8 Å². The maximum absolute atomic E-state index is 8.69. The monoisotopic (exact) mass is 1430 g/mol. The Balaban J connectivity index is 0.631. The van der Waals surface area contributed by atoms with Crippen LogP contribution in [0.3, 0.4) is 0 Å². The first-order valence-electron chi connectivity index (χ1n) is 51.3. The summed E-state index contributed by atoms with van der Waals surface area (Å²) in [6, 6.07) is 4.21. The quantitative estimate of drug-likeness (QED) is 0.192. The van der Waals surface area contributed by atoms with E-state index in [2.05, 4.69) is 9.80 Å². The lowest BCUT2D eigenvalue weighted by molar-refractivity contribution is -0.164. The maximum atomic E-state index is 8.69. The minimum atomic E-state index is 0.523. The SMILES string of the molecule is C1CCC(C2CCC(N(CC3CC4OC5CCC(C6CCC7C8CCCC9CCCC(C%10CCC[C@H]6C%107)C98)C[C@H]5B5C6C[C@@H]([C@H]7CCC8C9C(CCCC97)[C@@H]7CCCC9CCC[C@H]8C97)CC[C@H]6N(C6[C@@H](C7CCCCC7)CCC[C@H]6C6CCCCC6)C(C3)[C@H]54)C3CCC(C4CCCCC4)CC3)CC2)CC1. The summed E-state index contributed by atoms with van der Waals surface area (Å²) in [6.07, 6.45) is 97.7. The number of ether oxygens (including phenoxy) is 1. The molecule has 4 heteroatoms. The van der Waals surface area contributed by atoms with Gasteiger partial charge in [0.05, 0.1) is 12.2 Å². The third-order valence-electron chi connectivity index (χ3n) is 43.5. The molecule has 0 aromatic heterocycles. The third kappa shape index (κ3) is 12.9. The third-order valence-corrected chi connectivity index (χ3v) is 43.5. The Morgan fingerprint density at radius 3 is 1.06 bits per heavy atom. The van der Waals surface area contributed by atoms with E-state index in [1.54, 1.807) is 327 Å². The van der Waals surface area contributed by atoms with Crippen LogP contribution in [0.2, 0.25) is 17.5 Å². The predicted molar refractivity (Wildman–Crippen MR) is 436 cm³/mol. The number of rotatable bonds is 11. The van der Waals surface area contributed by atoms with Gasteiger partial charge in [-0.05, 0) is 369 Å². The molecule has 31 atom stereocenters. The maximum Gasteiger partial charge on any atom is 0.159 e. The smallest absolute Gasteiger partial charge is 0.159 e. The van der Waals surface area contributed by atoms with Crippen molar-refractivity contribution in [2.75, 3.05) is 6.54 Å². The Morgan fingerprint density at radius 2 is 0.590 bits per heavy atom. The van der Waals surface area contributed by atoms with Crippen LogP contribution in [0.25, 0.3) is 0 Å². The summed E-state index contributed by atoms with van der Waals surface area (Å²) in [5.41, 5.74) is 0. The van der Waals surface area contributed by atoms with E-state index in [1.807, 2.05) is 0 Å². The molecule has 105 heavy (non-hydrogen) atoms. The Labute approximate surface area is 647 Å². The molecule has 0 bridgehead atoms. The van der Waals surface area contributed by atoms with Gasteiger partial charge >= 0.3 is 0 Å². The minimum Gasteiger partial charge on any atom is -0.376 e. The minimum absolute atomic E-state index is 0.523. The number of fused-ring (bicyclic) bond motifs is 8. The zero-order valence-electron chi connectivity index (χ0n) is 68.2. The van der Waals surface area contributed by atoms with Crippen LogP contribution < -0.4 is 0 Å². The molecule has 3 nitrogen and oxygen atoms in total. The molecule has 22 rings (SSSR count). The van der Waals surface area contributed by atoms with Crippen LogP contribution in [0.5, 0.6) is 0 Å². The molecule has 20 saturated carbocycles.